The van der Waals surface area contributed by atoms with E-state index in [0.29, 0.717) is 5.88 Å². The monoisotopic (exact) mass is 210 g/mol. The van der Waals surface area contributed by atoms with Gasteiger partial charge in [-0.05, 0) is 18.4 Å². The fraction of sp³-hybridized carbons (Fsp3) is 0.636. The normalized spacial score (nSPS) is 16.7. The average Bonchev–Trinajstić information content (AvgIpc) is 2.14. The van der Waals surface area contributed by atoms with E-state index in [4.69, 9.17) is 11.6 Å². The van der Waals surface area contributed by atoms with Crippen LogP contribution in [0.3, 0.4) is 0 Å². The lowest BCUT2D eigenvalue weighted by molar-refractivity contribution is 0.309. The Bertz CT molecular complexity index is 321. The van der Waals surface area contributed by atoms with Crippen molar-refractivity contribution in [2.75, 3.05) is 0 Å². The summed E-state index contributed by atoms with van der Waals surface area (Å²) in [5.41, 5.74) is 2.08. The molecule has 3 heteroatoms. The van der Waals surface area contributed by atoms with Crippen molar-refractivity contribution in [1.29, 1.82) is 0 Å². The molecule has 76 valence electrons. The first kappa shape index (κ1) is 9.91. The second-order valence-corrected chi connectivity index (χ2v) is 4.32. The SMILES string of the molecule is Cc1cnc(CC2CCC2)nc1CCl. The summed E-state index contributed by atoms with van der Waals surface area (Å²) in [7, 11) is 0. The maximum atomic E-state index is 5.80. The molecule has 1 fully saturated rings. The van der Waals surface area contributed by atoms with Gasteiger partial charge >= 0.3 is 0 Å². The summed E-state index contributed by atoms with van der Waals surface area (Å²) >= 11 is 5.80. The Kier molecular flexibility index (Phi) is 3.02. The molecule has 0 saturated heterocycles. The maximum Gasteiger partial charge on any atom is 0.128 e. The summed E-state index contributed by atoms with van der Waals surface area (Å²) < 4.78 is 0. The first-order chi connectivity index (χ1) is 6.79. The van der Waals surface area contributed by atoms with Gasteiger partial charge in [-0.25, -0.2) is 9.97 Å². The van der Waals surface area contributed by atoms with Crippen LogP contribution in [0.4, 0.5) is 0 Å². The predicted molar refractivity (Wildman–Crippen MR) is 57.4 cm³/mol. The number of halogens is 1. The molecule has 0 amide bonds. The molecule has 0 aromatic carbocycles. The number of rotatable bonds is 3. The topological polar surface area (TPSA) is 25.8 Å². The smallest absolute Gasteiger partial charge is 0.128 e. The molecular weight excluding hydrogens is 196 g/mol. The molecule has 2 nitrogen and oxygen atoms in total. The summed E-state index contributed by atoms with van der Waals surface area (Å²) in [5, 5.41) is 0. The third-order valence-corrected chi connectivity index (χ3v) is 3.20. The molecule has 2 rings (SSSR count). The minimum atomic E-state index is 0.492. The molecule has 0 spiro atoms. The van der Waals surface area contributed by atoms with Gasteiger partial charge in [-0.15, -0.1) is 11.6 Å². The third kappa shape index (κ3) is 2.06. The van der Waals surface area contributed by atoms with Gasteiger partial charge in [0.25, 0.3) is 0 Å². The molecule has 1 aliphatic rings. The van der Waals surface area contributed by atoms with Gasteiger partial charge in [0.1, 0.15) is 5.82 Å². The van der Waals surface area contributed by atoms with Gasteiger partial charge < -0.3 is 0 Å². The molecule has 0 unspecified atom stereocenters. The zero-order chi connectivity index (χ0) is 9.97. The zero-order valence-electron chi connectivity index (χ0n) is 8.46. The van der Waals surface area contributed by atoms with Gasteiger partial charge in [0.2, 0.25) is 0 Å². The Labute approximate surface area is 89.7 Å². The van der Waals surface area contributed by atoms with Crippen molar-refractivity contribution in [1.82, 2.24) is 9.97 Å². The van der Waals surface area contributed by atoms with Gasteiger partial charge in [-0.3, -0.25) is 0 Å². The van der Waals surface area contributed by atoms with Crippen LogP contribution in [0.15, 0.2) is 6.20 Å². The van der Waals surface area contributed by atoms with E-state index in [0.717, 1.165) is 29.4 Å². The summed E-state index contributed by atoms with van der Waals surface area (Å²) in [6.07, 6.45) is 6.97. The summed E-state index contributed by atoms with van der Waals surface area (Å²) in [4.78, 5) is 8.81. The van der Waals surface area contributed by atoms with Crippen LogP contribution in [0.5, 0.6) is 0 Å². The van der Waals surface area contributed by atoms with E-state index < -0.39 is 0 Å². The lowest BCUT2D eigenvalue weighted by Crippen LogP contribution is -2.16. The number of alkyl halides is 1. The highest BCUT2D eigenvalue weighted by atomic mass is 35.5. The molecule has 1 aromatic rings. The number of hydrogen-bond donors (Lipinski definition) is 0. The van der Waals surface area contributed by atoms with Crippen molar-refractivity contribution in [3.63, 3.8) is 0 Å². The van der Waals surface area contributed by atoms with E-state index in [1.165, 1.54) is 19.3 Å². The van der Waals surface area contributed by atoms with E-state index in [1.807, 2.05) is 13.1 Å². The fourth-order valence-electron chi connectivity index (χ4n) is 1.71. The highest BCUT2D eigenvalue weighted by Gasteiger charge is 2.19. The highest BCUT2D eigenvalue weighted by Crippen LogP contribution is 2.28. The van der Waals surface area contributed by atoms with Gasteiger partial charge in [0.15, 0.2) is 0 Å². The Balaban J connectivity index is 2.09. The van der Waals surface area contributed by atoms with E-state index in [-0.39, 0.29) is 0 Å². The molecule has 0 aliphatic heterocycles. The van der Waals surface area contributed by atoms with Crippen LogP contribution in [-0.2, 0) is 12.3 Å². The molecule has 14 heavy (non-hydrogen) atoms. The van der Waals surface area contributed by atoms with Crippen LogP contribution >= 0.6 is 11.6 Å². The van der Waals surface area contributed by atoms with E-state index >= 15 is 0 Å². The van der Waals surface area contributed by atoms with Crippen LogP contribution in [0.1, 0.15) is 36.3 Å². The van der Waals surface area contributed by atoms with E-state index in [1.54, 1.807) is 0 Å². The molecule has 0 N–H and O–H groups in total. The molecular formula is C11H15ClN2. The fourth-order valence-corrected chi connectivity index (χ4v) is 1.98. The van der Waals surface area contributed by atoms with Gasteiger partial charge in [0, 0.05) is 12.6 Å². The van der Waals surface area contributed by atoms with Crippen LogP contribution in [-0.4, -0.2) is 9.97 Å². The third-order valence-electron chi connectivity index (χ3n) is 2.95. The van der Waals surface area contributed by atoms with Crippen LogP contribution in [0.25, 0.3) is 0 Å². The number of aromatic nitrogens is 2. The van der Waals surface area contributed by atoms with Gasteiger partial charge in [0.05, 0.1) is 11.6 Å². The number of aryl methyl sites for hydroxylation is 1. The Morgan fingerprint density at radius 2 is 2.29 bits per heavy atom. The second kappa shape index (κ2) is 4.26. The molecule has 1 saturated carbocycles. The first-order valence-corrected chi connectivity index (χ1v) is 5.70. The maximum absolute atomic E-state index is 5.80. The second-order valence-electron chi connectivity index (χ2n) is 4.05. The lowest BCUT2D eigenvalue weighted by Gasteiger charge is -2.24. The van der Waals surface area contributed by atoms with Crippen molar-refractivity contribution >= 4 is 11.6 Å². The molecule has 0 bridgehead atoms. The quantitative estimate of drug-likeness (QED) is 0.717. The largest absolute Gasteiger partial charge is 0.241 e. The summed E-state index contributed by atoms with van der Waals surface area (Å²) in [5.74, 6) is 2.28. The minimum absolute atomic E-state index is 0.492. The Morgan fingerprint density at radius 3 is 2.86 bits per heavy atom. The van der Waals surface area contributed by atoms with Gasteiger partial charge in [-0.2, -0.15) is 0 Å². The van der Waals surface area contributed by atoms with E-state index in [2.05, 4.69) is 9.97 Å². The van der Waals surface area contributed by atoms with Crippen molar-refractivity contribution in [2.45, 2.75) is 38.5 Å². The van der Waals surface area contributed by atoms with Crippen LogP contribution in [0, 0.1) is 12.8 Å². The minimum Gasteiger partial charge on any atom is -0.241 e. The lowest BCUT2D eigenvalue weighted by atomic mass is 9.83. The number of hydrogen-bond acceptors (Lipinski definition) is 2. The van der Waals surface area contributed by atoms with Crippen molar-refractivity contribution in [3.05, 3.63) is 23.3 Å². The van der Waals surface area contributed by atoms with Crippen molar-refractivity contribution < 1.29 is 0 Å². The predicted octanol–water partition coefficient (Wildman–Crippen LogP) is 2.87. The number of nitrogens with zero attached hydrogens (tertiary/aromatic N) is 2. The molecule has 0 atom stereocenters. The molecule has 1 heterocycles. The summed E-state index contributed by atoms with van der Waals surface area (Å²) in [6.45, 7) is 2.00. The van der Waals surface area contributed by atoms with Gasteiger partial charge in [-0.1, -0.05) is 19.3 Å². The standard InChI is InChI=1S/C11H15ClN2/c1-8-7-13-11(14-10(8)6-12)5-9-3-2-4-9/h7,9H,2-6H2,1H3. The van der Waals surface area contributed by atoms with Crippen LogP contribution in [0.2, 0.25) is 0 Å². The first-order valence-electron chi connectivity index (χ1n) is 5.17. The van der Waals surface area contributed by atoms with Crippen molar-refractivity contribution in [3.8, 4) is 0 Å². The highest BCUT2D eigenvalue weighted by molar-refractivity contribution is 6.16. The Hall–Kier alpha value is -0.630. The summed E-state index contributed by atoms with van der Waals surface area (Å²) in [6, 6.07) is 0. The van der Waals surface area contributed by atoms with Crippen LogP contribution < -0.4 is 0 Å². The average molecular weight is 211 g/mol. The Morgan fingerprint density at radius 1 is 1.50 bits per heavy atom. The van der Waals surface area contributed by atoms with Crippen molar-refractivity contribution in [2.24, 2.45) is 5.92 Å². The molecule has 1 aromatic heterocycles. The molecule has 1 aliphatic carbocycles. The zero-order valence-corrected chi connectivity index (χ0v) is 9.22. The van der Waals surface area contributed by atoms with E-state index in [9.17, 15) is 0 Å². The molecule has 0 radical (unpaired) electrons.